The average molecular weight is 261 g/mol. The molecule has 0 saturated heterocycles. The van der Waals surface area contributed by atoms with E-state index in [-0.39, 0.29) is 0 Å². The molecule has 0 bridgehead atoms. The Morgan fingerprint density at radius 1 is 1.37 bits per heavy atom. The SMILES string of the molecule is C#Cc1ccccc1OCCNC(=O)OC(C)(C)C. The molecule has 0 fully saturated rings. The summed E-state index contributed by atoms with van der Waals surface area (Å²) in [7, 11) is 0. The molecule has 102 valence electrons. The molecule has 0 aliphatic rings. The van der Waals surface area contributed by atoms with Gasteiger partial charge in [0.2, 0.25) is 0 Å². The summed E-state index contributed by atoms with van der Waals surface area (Å²) in [5.41, 5.74) is 0.195. The van der Waals surface area contributed by atoms with Gasteiger partial charge in [0.05, 0.1) is 12.1 Å². The van der Waals surface area contributed by atoms with Gasteiger partial charge in [-0.15, -0.1) is 6.42 Å². The summed E-state index contributed by atoms with van der Waals surface area (Å²) in [6.45, 7) is 6.12. The first-order chi connectivity index (χ1) is 8.92. The minimum absolute atomic E-state index is 0.331. The maximum absolute atomic E-state index is 11.4. The second-order valence-corrected chi connectivity index (χ2v) is 4.92. The van der Waals surface area contributed by atoms with Crippen molar-refractivity contribution in [2.45, 2.75) is 26.4 Å². The van der Waals surface area contributed by atoms with Gasteiger partial charge < -0.3 is 14.8 Å². The normalized spacial score (nSPS) is 10.4. The van der Waals surface area contributed by atoms with Crippen molar-refractivity contribution in [2.75, 3.05) is 13.2 Å². The summed E-state index contributed by atoms with van der Waals surface area (Å²) in [4.78, 5) is 11.4. The van der Waals surface area contributed by atoms with Crippen LogP contribution in [0.25, 0.3) is 0 Å². The van der Waals surface area contributed by atoms with Crippen LogP contribution in [0.5, 0.6) is 5.75 Å². The van der Waals surface area contributed by atoms with Crippen LogP contribution in [0.1, 0.15) is 26.3 Å². The van der Waals surface area contributed by atoms with Crippen LogP contribution in [-0.2, 0) is 4.74 Å². The lowest BCUT2D eigenvalue weighted by Gasteiger charge is -2.19. The van der Waals surface area contributed by atoms with Crippen molar-refractivity contribution in [1.29, 1.82) is 0 Å². The van der Waals surface area contributed by atoms with Gasteiger partial charge in [-0.2, -0.15) is 0 Å². The molecule has 1 aromatic carbocycles. The van der Waals surface area contributed by atoms with Crippen LogP contribution >= 0.6 is 0 Å². The fraction of sp³-hybridized carbons (Fsp3) is 0.400. The Kier molecular flexibility index (Phi) is 5.25. The predicted octanol–water partition coefficient (Wildman–Crippen LogP) is 2.57. The molecule has 0 heterocycles. The van der Waals surface area contributed by atoms with Crippen LogP contribution in [0.2, 0.25) is 0 Å². The highest BCUT2D eigenvalue weighted by Gasteiger charge is 2.15. The lowest BCUT2D eigenvalue weighted by molar-refractivity contribution is 0.0520. The Morgan fingerprint density at radius 3 is 2.68 bits per heavy atom. The Labute approximate surface area is 114 Å². The zero-order valence-corrected chi connectivity index (χ0v) is 11.5. The molecule has 0 spiro atoms. The summed E-state index contributed by atoms with van der Waals surface area (Å²) in [6.07, 6.45) is 4.90. The first-order valence-electron chi connectivity index (χ1n) is 6.07. The molecule has 1 N–H and O–H groups in total. The van der Waals surface area contributed by atoms with Crippen LogP contribution in [0.15, 0.2) is 24.3 Å². The highest BCUT2D eigenvalue weighted by atomic mass is 16.6. The smallest absolute Gasteiger partial charge is 0.407 e. The number of rotatable bonds is 4. The number of para-hydroxylation sites is 1. The third-order valence-electron chi connectivity index (χ3n) is 2.07. The third kappa shape index (κ3) is 5.82. The zero-order chi connectivity index (χ0) is 14.3. The first-order valence-corrected chi connectivity index (χ1v) is 6.07. The fourth-order valence-corrected chi connectivity index (χ4v) is 1.34. The van der Waals surface area contributed by atoms with E-state index < -0.39 is 11.7 Å². The monoisotopic (exact) mass is 261 g/mol. The number of ether oxygens (including phenoxy) is 2. The van der Waals surface area contributed by atoms with Gasteiger partial charge in [0, 0.05) is 0 Å². The van der Waals surface area contributed by atoms with Gasteiger partial charge in [0.25, 0.3) is 0 Å². The van der Waals surface area contributed by atoms with Gasteiger partial charge in [0.15, 0.2) is 0 Å². The number of nitrogens with one attached hydrogen (secondary N) is 1. The van der Waals surface area contributed by atoms with E-state index in [0.29, 0.717) is 24.5 Å². The van der Waals surface area contributed by atoms with E-state index in [1.807, 2.05) is 32.9 Å². The number of amides is 1. The molecule has 4 nitrogen and oxygen atoms in total. The molecule has 4 heteroatoms. The lowest BCUT2D eigenvalue weighted by atomic mass is 10.2. The van der Waals surface area contributed by atoms with Crippen molar-refractivity contribution < 1.29 is 14.3 Å². The fourth-order valence-electron chi connectivity index (χ4n) is 1.34. The first kappa shape index (κ1) is 14.9. The van der Waals surface area contributed by atoms with E-state index in [9.17, 15) is 4.79 Å². The second-order valence-electron chi connectivity index (χ2n) is 4.92. The van der Waals surface area contributed by atoms with Gasteiger partial charge in [-0.3, -0.25) is 0 Å². The predicted molar refractivity (Wildman–Crippen MR) is 74.1 cm³/mol. The van der Waals surface area contributed by atoms with E-state index in [2.05, 4.69) is 11.2 Å². The summed E-state index contributed by atoms with van der Waals surface area (Å²) >= 11 is 0. The van der Waals surface area contributed by atoms with E-state index >= 15 is 0 Å². The number of hydrogen-bond acceptors (Lipinski definition) is 3. The van der Waals surface area contributed by atoms with Crippen molar-refractivity contribution in [3.63, 3.8) is 0 Å². The van der Waals surface area contributed by atoms with Crippen LogP contribution in [0.4, 0.5) is 4.79 Å². The molecule has 0 aliphatic heterocycles. The molecule has 0 aliphatic carbocycles. The van der Waals surface area contributed by atoms with Crippen molar-refractivity contribution in [1.82, 2.24) is 5.32 Å². The molecule has 19 heavy (non-hydrogen) atoms. The van der Waals surface area contributed by atoms with Crippen LogP contribution in [0, 0.1) is 12.3 Å². The van der Waals surface area contributed by atoms with Crippen LogP contribution in [-0.4, -0.2) is 24.8 Å². The standard InChI is InChI=1S/C15H19NO3/c1-5-12-8-6-7-9-13(12)18-11-10-16-14(17)19-15(2,3)4/h1,6-9H,10-11H2,2-4H3,(H,16,17). The number of carbonyl (C=O) groups is 1. The van der Waals surface area contributed by atoms with E-state index in [1.54, 1.807) is 12.1 Å². The van der Waals surface area contributed by atoms with Crippen LogP contribution in [0.3, 0.4) is 0 Å². The quantitative estimate of drug-likeness (QED) is 0.669. The Morgan fingerprint density at radius 2 is 2.05 bits per heavy atom. The number of terminal acetylenes is 1. The van der Waals surface area contributed by atoms with Gasteiger partial charge in [-0.05, 0) is 32.9 Å². The summed E-state index contributed by atoms with van der Waals surface area (Å²) in [5.74, 6) is 3.17. The van der Waals surface area contributed by atoms with E-state index in [4.69, 9.17) is 15.9 Å². The molecular weight excluding hydrogens is 242 g/mol. The van der Waals surface area contributed by atoms with Gasteiger partial charge in [-0.25, -0.2) is 4.79 Å². The highest BCUT2D eigenvalue weighted by molar-refractivity contribution is 5.67. The molecule has 0 aromatic heterocycles. The van der Waals surface area contributed by atoms with Crippen LogP contribution < -0.4 is 10.1 Å². The summed E-state index contributed by atoms with van der Waals surface area (Å²) in [5, 5.41) is 2.61. The Hall–Kier alpha value is -2.15. The summed E-state index contributed by atoms with van der Waals surface area (Å²) in [6, 6.07) is 7.29. The van der Waals surface area contributed by atoms with Crippen molar-refractivity contribution in [3.8, 4) is 18.1 Å². The van der Waals surface area contributed by atoms with Crippen molar-refractivity contribution in [2.24, 2.45) is 0 Å². The molecular formula is C15H19NO3. The van der Waals surface area contributed by atoms with E-state index in [0.717, 1.165) is 0 Å². The Bertz CT molecular complexity index is 469. The molecule has 0 saturated carbocycles. The molecule has 1 aromatic rings. The van der Waals surface area contributed by atoms with Gasteiger partial charge >= 0.3 is 6.09 Å². The molecule has 0 atom stereocenters. The second kappa shape index (κ2) is 6.69. The Balaban J connectivity index is 2.32. The average Bonchev–Trinajstić information content (AvgIpc) is 2.33. The molecule has 0 radical (unpaired) electrons. The number of benzene rings is 1. The molecule has 0 unspecified atom stereocenters. The maximum atomic E-state index is 11.4. The zero-order valence-electron chi connectivity index (χ0n) is 11.5. The molecule has 1 rings (SSSR count). The van der Waals surface area contributed by atoms with E-state index in [1.165, 1.54) is 0 Å². The van der Waals surface area contributed by atoms with Gasteiger partial charge in [0.1, 0.15) is 18.0 Å². The topological polar surface area (TPSA) is 47.6 Å². The minimum atomic E-state index is -0.499. The maximum Gasteiger partial charge on any atom is 0.407 e. The highest BCUT2D eigenvalue weighted by Crippen LogP contribution is 2.15. The lowest BCUT2D eigenvalue weighted by Crippen LogP contribution is -2.34. The van der Waals surface area contributed by atoms with Gasteiger partial charge in [-0.1, -0.05) is 18.1 Å². The van der Waals surface area contributed by atoms with Crippen molar-refractivity contribution in [3.05, 3.63) is 29.8 Å². The van der Waals surface area contributed by atoms with Crippen molar-refractivity contribution >= 4 is 6.09 Å². The molecule has 1 amide bonds. The summed E-state index contributed by atoms with van der Waals surface area (Å²) < 4.78 is 10.6. The number of alkyl carbamates (subject to hydrolysis) is 1. The number of carbonyl (C=O) groups excluding carboxylic acids is 1. The minimum Gasteiger partial charge on any atom is -0.490 e. The third-order valence-corrected chi connectivity index (χ3v) is 2.07. The largest absolute Gasteiger partial charge is 0.490 e. The number of hydrogen-bond donors (Lipinski definition) is 1.